The SMILES string of the molecule is CCOC(=O)C(CC)Cc1cn(CCOCCOCCOCCOCCOCCOCCOCCOCCOCCOCCOCCOCCC(=O)NCCCC[C@H](NC(=O)OC(C)(C)C)C(=O)N[C@H](C(=O)N[C@@H](CCCNC(N)=O)C(=O)Nc2ccc(COC(=O)N[C@H]3CCc4c(C)c(F)cc5nc6c(c3c45)Cn3c-6cc4c(c3=O)COC(=O)[C@]4(O)CC)cc2)C(C)C)nn1. The number of alkyl carbamates (subject to hydrolysis) is 2. The van der Waals surface area contributed by atoms with Crippen molar-refractivity contribution in [1.82, 2.24) is 56.4 Å². The number of halogens is 1. The lowest BCUT2D eigenvalue weighted by Crippen LogP contribution is -2.58. The summed E-state index contributed by atoms with van der Waals surface area (Å²) >= 11 is 0. The van der Waals surface area contributed by atoms with Crippen LogP contribution in [0.3, 0.4) is 0 Å². The second-order valence-electron chi connectivity index (χ2n) is 32.7. The number of aromatic nitrogens is 5. The summed E-state index contributed by atoms with van der Waals surface area (Å²) < 4.78 is 107. The van der Waals surface area contributed by atoms with Gasteiger partial charge in [0, 0.05) is 60.4 Å². The van der Waals surface area contributed by atoms with E-state index < -0.39 is 94.6 Å². The molecule has 0 bridgehead atoms. The number of ether oxygens (including phenoxy) is 16. The van der Waals surface area contributed by atoms with Crippen molar-refractivity contribution in [2.24, 2.45) is 17.6 Å². The maximum Gasteiger partial charge on any atom is 0.408 e. The van der Waals surface area contributed by atoms with Crippen molar-refractivity contribution < 1.29 is 128 Å². The van der Waals surface area contributed by atoms with E-state index in [0.29, 0.717) is 247 Å². The molecule has 3 aliphatic rings. The first kappa shape index (κ1) is 106. The number of hydrogen-bond acceptors (Lipinski definition) is 30. The fourth-order valence-electron chi connectivity index (χ4n) is 14.6. The van der Waals surface area contributed by atoms with E-state index in [9.17, 15) is 53.1 Å². The first-order valence-corrected chi connectivity index (χ1v) is 45.2. The van der Waals surface area contributed by atoms with Gasteiger partial charge in [0.05, 0.1) is 218 Å². The number of primary amides is 1. The first-order valence-electron chi connectivity index (χ1n) is 45.2. The molecule has 1 aliphatic carbocycles. The Morgan fingerprint density at radius 1 is 0.649 bits per heavy atom. The van der Waals surface area contributed by atoms with Crippen LogP contribution in [0.5, 0.6) is 0 Å². The molecule has 1 unspecified atom stereocenters. The Bertz CT molecular complexity index is 4510. The number of carbonyl (C=O) groups excluding carboxylic acids is 9. The number of fused-ring (bicyclic) bond motifs is 5. The Kier molecular flexibility index (Phi) is 46.1. The van der Waals surface area contributed by atoms with Gasteiger partial charge < -0.3 is 128 Å². The Balaban J connectivity index is 0.627. The number of unbranched alkanes of at least 4 members (excludes halogenated alkanes) is 1. The highest BCUT2D eigenvalue weighted by Crippen LogP contribution is 2.46. The molecule has 5 heterocycles. The zero-order valence-corrected chi connectivity index (χ0v) is 77.0. The minimum absolute atomic E-state index is 0.00998. The van der Waals surface area contributed by atoms with Crippen LogP contribution in [0, 0.1) is 24.6 Å². The van der Waals surface area contributed by atoms with Crippen LogP contribution in [0.15, 0.2) is 47.4 Å². The Morgan fingerprint density at radius 3 is 1.74 bits per heavy atom. The Morgan fingerprint density at radius 2 is 1.20 bits per heavy atom. The monoisotopic (exact) mass is 1850 g/mol. The third-order valence-electron chi connectivity index (χ3n) is 21.5. The lowest BCUT2D eigenvalue weighted by Gasteiger charge is -2.31. The quantitative estimate of drug-likeness (QED) is 0.0127. The van der Waals surface area contributed by atoms with Crippen molar-refractivity contribution in [2.75, 3.05) is 184 Å². The van der Waals surface area contributed by atoms with Crippen molar-refractivity contribution in [2.45, 2.75) is 195 Å². The first-order chi connectivity index (χ1) is 63.1. The zero-order chi connectivity index (χ0) is 94.5. The summed E-state index contributed by atoms with van der Waals surface area (Å²) in [4.78, 5) is 138. The summed E-state index contributed by atoms with van der Waals surface area (Å²) in [5, 5.41) is 39.6. The average Bonchev–Trinajstić information content (AvgIpc) is 1.55. The highest BCUT2D eigenvalue weighted by Gasteiger charge is 2.46. The lowest BCUT2D eigenvalue weighted by atomic mass is 9.81. The molecule has 8 rings (SSSR count). The van der Waals surface area contributed by atoms with Crippen LogP contribution in [-0.4, -0.2) is 285 Å². The normalized spacial score (nSPS) is 15.3. The summed E-state index contributed by atoms with van der Waals surface area (Å²) in [6.07, 6.45) is 3.15. The number of hydrogen-bond donors (Lipinski definition) is 9. The highest BCUT2D eigenvalue weighted by molar-refractivity contribution is 5.99. The summed E-state index contributed by atoms with van der Waals surface area (Å²) in [5.41, 5.74) is 7.05. The Hall–Kier alpha value is -10.0. The number of nitrogens with two attached hydrogens (primary N) is 1. The zero-order valence-electron chi connectivity index (χ0n) is 77.0. The van der Waals surface area contributed by atoms with E-state index in [4.69, 9.17) is 86.5 Å². The van der Waals surface area contributed by atoms with Gasteiger partial charge in [-0.1, -0.05) is 45.0 Å². The van der Waals surface area contributed by atoms with Gasteiger partial charge in [0.15, 0.2) is 5.60 Å². The van der Waals surface area contributed by atoms with Crippen molar-refractivity contribution in [3.8, 4) is 11.4 Å². The Labute approximate surface area is 762 Å². The summed E-state index contributed by atoms with van der Waals surface area (Å²) in [6.45, 7) is 25.7. The number of pyridine rings is 2. The van der Waals surface area contributed by atoms with Crippen LogP contribution in [0.1, 0.15) is 164 Å². The molecule has 0 fully saturated rings. The number of aryl methyl sites for hydroxylation is 1. The van der Waals surface area contributed by atoms with E-state index in [1.165, 1.54) is 10.6 Å². The number of carbonyl (C=O) groups is 9. The molecule has 0 spiro atoms. The third kappa shape index (κ3) is 35.5. The number of nitrogens with one attached hydrogen (secondary N) is 7. The van der Waals surface area contributed by atoms with Crippen LogP contribution in [-0.2, 0) is 149 Å². The number of nitrogens with zero attached hydrogens (tertiary/aromatic N) is 5. The molecule has 2 aromatic carbocycles. The van der Waals surface area contributed by atoms with Gasteiger partial charge in [0.2, 0.25) is 23.6 Å². The maximum atomic E-state index is 15.6. The van der Waals surface area contributed by atoms with Crippen molar-refractivity contribution in [3.05, 3.63) is 103 Å². The van der Waals surface area contributed by atoms with Crippen LogP contribution in [0.25, 0.3) is 22.3 Å². The van der Waals surface area contributed by atoms with Crippen LogP contribution < -0.4 is 48.5 Å². The van der Waals surface area contributed by atoms with Crippen LogP contribution >= 0.6 is 0 Å². The minimum atomic E-state index is -2.07. The largest absolute Gasteiger partial charge is 0.466 e. The van der Waals surface area contributed by atoms with E-state index in [1.807, 2.05) is 13.1 Å². The van der Waals surface area contributed by atoms with Gasteiger partial charge in [-0.25, -0.2) is 33.2 Å². The molecule has 8 amide bonds. The molecular formula is C90H134FN13O27. The predicted molar refractivity (Wildman–Crippen MR) is 473 cm³/mol. The van der Waals surface area contributed by atoms with E-state index in [0.717, 1.165) is 11.3 Å². The standard InChI is InChI=1S/C90H134FN13O27/c1-10-62(84(110)128-12-3)52-64-55-103(102-101-64)27-29-117-31-33-119-35-37-121-39-41-123-43-45-125-47-49-127-51-50-126-48-46-124-44-42-122-40-38-120-36-34-118-32-30-116-28-24-75(105)93-25-14-13-16-72(99-88(114)131-89(7,8)9)81(107)100-78(59(4)5)82(108)97-71(17-15-26-94-86(92)112)80(106)95-63-20-18-61(19-21-63)57-130-87(113)98-70-23-22-65-60(6)69(91)54-73-76(65)77(70)66-56-104-74(79(66)96-73)53-68-67(83(104)109)58-129-85(111)90(68,115)11-2/h18-21,53-55,59,62,70-72,78,115H,10-17,22-52,56-58H2,1-9H3,(H,93,105)(H,95,106)(H,97,108)(H,98,113)(H,99,114)(H,100,107)(H3,92,94,112)/t62?,70-,71-,72-,78-,90-/m0/s1. The second kappa shape index (κ2) is 56.8. The van der Waals surface area contributed by atoms with Gasteiger partial charge in [0.1, 0.15) is 42.8 Å². The average molecular weight is 1850 g/mol. The molecular weight excluding hydrogens is 1710 g/mol. The molecule has 131 heavy (non-hydrogen) atoms. The molecule has 728 valence electrons. The molecule has 5 aromatic rings. The van der Waals surface area contributed by atoms with Crippen molar-refractivity contribution >= 4 is 70.4 Å². The van der Waals surface area contributed by atoms with E-state index in [-0.39, 0.29) is 107 Å². The molecule has 41 heteroatoms. The third-order valence-corrected chi connectivity index (χ3v) is 21.5. The van der Waals surface area contributed by atoms with Crippen molar-refractivity contribution in [3.63, 3.8) is 0 Å². The van der Waals surface area contributed by atoms with Gasteiger partial charge in [0.25, 0.3) is 5.56 Å². The van der Waals surface area contributed by atoms with Gasteiger partial charge in [-0.3, -0.25) is 28.8 Å². The van der Waals surface area contributed by atoms with Crippen LogP contribution in [0.4, 0.5) is 24.5 Å². The fourth-order valence-corrected chi connectivity index (χ4v) is 14.6. The summed E-state index contributed by atoms with van der Waals surface area (Å²) in [6, 6.07) is 4.16. The molecule has 3 aromatic heterocycles. The number of cyclic esters (lactones) is 1. The molecule has 0 saturated carbocycles. The second-order valence-corrected chi connectivity index (χ2v) is 32.7. The minimum Gasteiger partial charge on any atom is -0.466 e. The molecule has 10 N–H and O–H groups in total. The number of esters is 2. The predicted octanol–water partition coefficient (Wildman–Crippen LogP) is 5.65. The summed E-state index contributed by atoms with van der Waals surface area (Å²) in [5.74, 6) is -4.66. The van der Waals surface area contributed by atoms with Gasteiger partial charge >= 0.3 is 30.2 Å². The maximum absolute atomic E-state index is 15.6. The van der Waals surface area contributed by atoms with E-state index >= 15 is 4.39 Å². The number of aliphatic hydroxyl groups is 1. The van der Waals surface area contributed by atoms with Gasteiger partial charge in [-0.15, -0.1) is 5.10 Å². The number of amides is 8. The van der Waals surface area contributed by atoms with E-state index in [1.54, 1.807) is 90.4 Å². The molecule has 6 atom stereocenters. The number of urea groups is 1. The molecule has 40 nitrogen and oxygen atoms in total. The lowest BCUT2D eigenvalue weighted by molar-refractivity contribution is -0.172. The molecule has 0 saturated heterocycles. The number of benzene rings is 2. The topological polar surface area (TPSA) is 497 Å². The number of rotatable bonds is 65. The molecule has 0 radical (unpaired) electrons. The van der Waals surface area contributed by atoms with Gasteiger partial charge in [-0.2, -0.15) is 0 Å². The molecule has 2 aliphatic heterocycles. The number of anilines is 1. The van der Waals surface area contributed by atoms with Crippen LogP contribution in [0.2, 0.25) is 0 Å². The van der Waals surface area contributed by atoms with E-state index in [2.05, 4.69) is 47.5 Å². The van der Waals surface area contributed by atoms with Crippen molar-refractivity contribution in [1.29, 1.82) is 0 Å². The van der Waals surface area contributed by atoms with Gasteiger partial charge in [-0.05, 0) is 139 Å². The highest BCUT2D eigenvalue weighted by atomic mass is 19.1. The fraction of sp³-hybridized carbons (Fsp3) is 0.656. The summed E-state index contributed by atoms with van der Waals surface area (Å²) in [7, 11) is 0. The smallest absolute Gasteiger partial charge is 0.408 e.